The molecule has 12 heavy (non-hydrogen) atoms. The zero-order valence-electron chi connectivity index (χ0n) is 7.43. The Morgan fingerprint density at radius 2 is 2.00 bits per heavy atom. The topological polar surface area (TPSA) is 72.2 Å². The van der Waals surface area contributed by atoms with Gasteiger partial charge in [-0.25, -0.2) is 0 Å². The van der Waals surface area contributed by atoms with E-state index in [9.17, 15) is 9.59 Å². The Bertz CT molecular complexity index is 157. The van der Waals surface area contributed by atoms with Gasteiger partial charge < -0.3 is 11.1 Å². The first-order valence-electron chi connectivity index (χ1n) is 4.21. The molecule has 0 heterocycles. The van der Waals surface area contributed by atoms with Crippen molar-refractivity contribution in [3.8, 4) is 0 Å². The number of hydrogen-bond acceptors (Lipinski definition) is 2. The molecule has 0 aromatic heterocycles. The van der Waals surface area contributed by atoms with Crippen LogP contribution >= 0.6 is 0 Å². The number of carbonyl (C=O) groups is 2. The van der Waals surface area contributed by atoms with E-state index in [1.807, 2.05) is 0 Å². The molecule has 4 nitrogen and oxygen atoms in total. The van der Waals surface area contributed by atoms with Crippen LogP contribution in [0.1, 0.15) is 32.6 Å². The number of hydrogen-bond donors (Lipinski definition) is 2. The summed E-state index contributed by atoms with van der Waals surface area (Å²) >= 11 is 0. The number of primary amides is 1. The second-order valence-corrected chi connectivity index (χ2v) is 2.70. The third kappa shape index (κ3) is 7.05. The summed E-state index contributed by atoms with van der Waals surface area (Å²) in [5.74, 6) is -0.596. The third-order valence-corrected chi connectivity index (χ3v) is 1.47. The first-order chi connectivity index (χ1) is 5.66. The summed E-state index contributed by atoms with van der Waals surface area (Å²) in [6, 6.07) is 0. The molecule has 0 aliphatic carbocycles. The van der Waals surface area contributed by atoms with Gasteiger partial charge in [0.2, 0.25) is 11.8 Å². The summed E-state index contributed by atoms with van der Waals surface area (Å²) in [4.78, 5) is 21.1. The van der Waals surface area contributed by atoms with Crippen molar-refractivity contribution >= 4 is 11.8 Å². The van der Waals surface area contributed by atoms with Gasteiger partial charge in [-0.3, -0.25) is 9.59 Å². The minimum atomic E-state index is -0.501. The van der Waals surface area contributed by atoms with E-state index in [0.29, 0.717) is 6.42 Å². The minimum absolute atomic E-state index is 0.0506. The van der Waals surface area contributed by atoms with Crippen LogP contribution in [0.15, 0.2) is 0 Å². The predicted molar refractivity (Wildman–Crippen MR) is 46.3 cm³/mol. The van der Waals surface area contributed by atoms with Crippen LogP contribution in [-0.2, 0) is 9.59 Å². The summed E-state index contributed by atoms with van der Waals surface area (Å²) < 4.78 is 0. The Balaban J connectivity index is 3.28. The minimum Gasteiger partial charge on any atom is -0.368 e. The molecule has 0 aromatic rings. The fraction of sp³-hybridized carbons (Fsp3) is 0.750. The Labute approximate surface area is 72.5 Å². The fourth-order valence-electron chi connectivity index (χ4n) is 0.810. The molecule has 0 fully saturated rings. The summed E-state index contributed by atoms with van der Waals surface area (Å²) in [6.07, 6.45) is 3.50. The van der Waals surface area contributed by atoms with Crippen molar-refractivity contribution in [1.29, 1.82) is 0 Å². The molecule has 0 spiro atoms. The highest BCUT2D eigenvalue weighted by Crippen LogP contribution is 1.97. The molecule has 0 aliphatic rings. The largest absolute Gasteiger partial charge is 0.368 e. The maximum atomic E-state index is 10.9. The van der Waals surface area contributed by atoms with Gasteiger partial charge in [0.05, 0.1) is 6.54 Å². The number of nitrogens with one attached hydrogen (secondary N) is 1. The molecule has 4 heteroatoms. The van der Waals surface area contributed by atoms with Crippen LogP contribution in [0, 0.1) is 0 Å². The molecule has 0 aliphatic heterocycles. The molecule has 0 saturated heterocycles. The molecule has 3 N–H and O–H groups in total. The summed E-state index contributed by atoms with van der Waals surface area (Å²) in [5.41, 5.74) is 4.84. The first-order valence-corrected chi connectivity index (χ1v) is 4.21. The van der Waals surface area contributed by atoms with Crippen LogP contribution in [0.5, 0.6) is 0 Å². The van der Waals surface area contributed by atoms with Crippen LogP contribution in [0.25, 0.3) is 0 Å². The van der Waals surface area contributed by atoms with E-state index < -0.39 is 5.91 Å². The van der Waals surface area contributed by atoms with Crippen molar-refractivity contribution in [1.82, 2.24) is 5.32 Å². The van der Waals surface area contributed by atoms with Crippen molar-refractivity contribution < 1.29 is 9.59 Å². The van der Waals surface area contributed by atoms with Crippen LogP contribution in [0.2, 0.25) is 0 Å². The average molecular weight is 172 g/mol. The number of amides is 2. The van der Waals surface area contributed by atoms with Gasteiger partial charge in [-0.15, -0.1) is 0 Å². The molecule has 2 amide bonds. The molecule has 0 unspecified atom stereocenters. The van der Waals surface area contributed by atoms with E-state index in [1.165, 1.54) is 0 Å². The van der Waals surface area contributed by atoms with Gasteiger partial charge in [0.15, 0.2) is 0 Å². The Morgan fingerprint density at radius 3 is 2.50 bits per heavy atom. The number of nitrogens with two attached hydrogens (primary N) is 1. The SMILES string of the molecule is CCCCCC(=O)NCC(N)=O. The van der Waals surface area contributed by atoms with Gasteiger partial charge in [0, 0.05) is 6.42 Å². The molecular weight excluding hydrogens is 156 g/mol. The van der Waals surface area contributed by atoms with Crippen LogP contribution < -0.4 is 11.1 Å². The highest BCUT2D eigenvalue weighted by Gasteiger charge is 2.00. The second-order valence-electron chi connectivity index (χ2n) is 2.70. The van der Waals surface area contributed by atoms with Gasteiger partial charge in [0.1, 0.15) is 0 Å². The van der Waals surface area contributed by atoms with E-state index in [0.717, 1.165) is 19.3 Å². The molecular formula is C8H16N2O2. The molecule has 0 aromatic carbocycles. The van der Waals surface area contributed by atoms with E-state index in [2.05, 4.69) is 12.2 Å². The lowest BCUT2D eigenvalue weighted by atomic mass is 10.2. The Morgan fingerprint density at radius 1 is 1.33 bits per heavy atom. The molecule has 0 radical (unpaired) electrons. The van der Waals surface area contributed by atoms with Crippen molar-refractivity contribution in [2.45, 2.75) is 32.6 Å². The van der Waals surface area contributed by atoms with Gasteiger partial charge in [-0.1, -0.05) is 19.8 Å². The highest BCUT2D eigenvalue weighted by molar-refractivity contribution is 5.83. The van der Waals surface area contributed by atoms with Crippen molar-refractivity contribution in [3.63, 3.8) is 0 Å². The van der Waals surface area contributed by atoms with Crippen LogP contribution in [-0.4, -0.2) is 18.4 Å². The van der Waals surface area contributed by atoms with E-state index in [4.69, 9.17) is 5.73 Å². The maximum Gasteiger partial charge on any atom is 0.236 e. The standard InChI is InChI=1S/C8H16N2O2/c1-2-3-4-5-8(12)10-6-7(9)11/h2-6H2,1H3,(H2,9,11)(H,10,12). The number of unbranched alkanes of at least 4 members (excludes halogenated alkanes) is 2. The van der Waals surface area contributed by atoms with Crippen LogP contribution in [0.4, 0.5) is 0 Å². The third-order valence-electron chi connectivity index (χ3n) is 1.47. The van der Waals surface area contributed by atoms with Crippen LogP contribution in [0.3, 0.4) is 0 Å². The molecule has 0 rings (SSSR count). The number of rotatable bonds is 6. The summed E-state index contributed by atoms with van der Waals surface area (Å²) in [5, 5.41) is 2.43. The fourth-order valence-corrected chi connectivity index (χ4v) is 0.810. The Kier molecular flexibility index (Phi) is 6.05. The zero-order valence-corrected chi connectivity index (χ0v) is 7.43. The zero-order chi connectivity index (χ0) is 9.40. The highest BCUT2D eigenvalue weighted by atomic mass is 16.2. The summed E-state index contributed by atoms with van der Waals surface area (Å²) in [6.45, 7) is 2.02. The summed E-state index contributed by atoms with van der Waals surface area (Å²) in [7, 11) is 0. The smallest absolute Gasteiger partial charge is 0.236 e. The lowest BCUT2D eigenvalue weighted by Crippen LogP contribution is -2.33. The monoisotopic (exact) mass is 172 g/mol. The van der Waals surface area contributed by atoms with Gasteiger partial charge in [-0.05, 0) is 6.42 Å². The lowest BCUT2D eigenvalue weighted by molar-refractivity contribution is -0.124. The van der Waals surface area contributed by atoms with Gasteiger partial charge in [-0.2, -0.15) is 0 Å². The molecule has 0 saturated carbocycles. The first kappa shape index (κ1) is 10.9. The van der Waals surface area contributed by atoms with Crippen molar-refractivity contribution in [2.24, 2.45) is 5.73 Å². The molecule has 0 atom stereocenters. The predicted octanol–water partition coefficient (Wildman–Crippen LogP) is 0.168. The van der Waals surface area contributed by atoms with E-state index in [-0.39, 0.29) is 12.5 Å². The van der Waals surface area contributed by atoms with E-state index in [1.54, 1.807) is 0 Å². The maximum absolute atomic E-state index is 10.9. The Hall–Kier alpha value is -1.06. The molecule has 0 bridgehead atoms. The normalized spacial score (nSPS) is 9.42. The van der Waals surface area contributed by atoms with E-state index >= 15 is 0 Å². The van der Waals surface area contributed by atoms with Gasteiger partial charge in [0.25, 0.3) is 0 Å². The lowest BCUT2D eigenvalue weighted by Gasteiger charge is -2.00. The molecule has 70 valence electrons. The van der Waals surface area contributed by atoms with Crippen molar-refractivity contribution in [3.05, 3.63) is 0 Å². The second kappa shape index (κ2) is 6.64. The quantitative estimate of drug-likeness (QED) is 0.560. The van der Waals surface area contributed by atoms with Crippen molar-refractivity contribution in [2.75, 3.05) is 6.54 Å². The van der Waals surface area contributed by atoms with Gasteiger partial charge >= 0.3 is 0 Å². The average Bonchev–Trinajstić information content (AvgIpc) is 2.01. The number of carbonyl (C=O) groups excluding carboxylic acids is 2.